The molecule has 0 aromatic heterocycles. The highest BCUT2D eigenvalue weighted by Crippen LogP contribution is 2.44. The molecule has 5 nitrogen and oxygen atoms in total. The van der Waals surface area contributed by atoms with Crippen LogP contribution in [-0.4, -0.2) is 46.6 Å². The van der Waals surface area contributed by atoms with Gasteiger partial charge in [-0.3, -0.25) is 4.79 Å². The van der Waals surface area contributed by atoms with Crippen molar-refractivity contribution in [2.24, 2.45) is 5.92 Å². The van der Waals surface area contributed by atoms with E-state index in [4.69, 9.17) is 9.47 Å². The average Bonchev–Trinajstić information content (AvgIpc) is 3.03. The van der Waals surface area contributed by atoms with Gasteiger partial charge in [0.25, 0.3) is 0 Å². The van der Waals surface area contributed by atoms with Crippen LogP contribution in [0.4, 0.5) is 0 Å². The van der Waals surface area contributed by atoms with Crippen molar-refractivity contribution >= 4 is 5.91 Å². The number of benzene rings is 2. The molecule has 2 saturated heterocycles. The molecule has 28 heavy (non-hydrogen) atoms. The van der Waals surface area contributed by atoms with E-state index in [-0.39, 0.29) is 24.1 Å². The Morgan fingerprint density at radius 3 is 2.00 bits per heavy atom. The summed E-state index contributed by atoms with van der Waals surface area (Å²) in [4.78, 5) is 15.1. The molecule has 4 rings (SSSR count). The maximum absolute atomic E-state index is 13.2. The van der Waals surface area contributed by atoms with Gasteiger partial charge in [-0.15, -0.1) is 0 Å². The molecule has 2 aromatic carbocycles. The van der Waals surface area contributed by atoms with Crippen LogP contribution < -0.4 is 0 Å². The summed E-state index contributed by atoms with van der Waals surface area (Å²) in [5.41, 5.74) is 2.07. The maximum atomic E-state index is 13.2. The number of amides is 1. The van der Waals surface area contributed by atoms with Crippen LogP contribution in [0.3, 0.4) is 0 Å². The average molecular weight is 381 g/mol. The van der Waals surface area contributed by atoms with Crippen molar-refractivity contribution in [3.05, 3.63) is 71.8 Å². The Hall–Kier alpha value is -2.21. The Balaban J connectivity index is 1.75. The van der Waals surface area contributed by atoms with Crippen LogP contribution in [0, 0.1) is 5.92 Å². The van der Waals surface area contributed by atoms with Gasteiger partial charge in [-0.1, -0.05) is 60.7 Å². The van der Waals surface area contributed by atoms with E-state index in [1.54, 1.807) is 6.92 Å². The van der Waals surface area contributed by atoms with Gasteiger partial charge in [0.1, 0.15) is 6.10 Å². The predicted molar refractivity (Wildman–Crippen MR) is 105 cm³/mol. The largest absolute Gasteiger partial charge is 0.393 e. The number of hydrogen-bond donors (Lipinski definition) is 1. The molecule has 4 atom stereocenters. The Morgan fingerprint density at radius 1 is 1.04 bits per heavy atom. The SMILES string of the molecule is C[C@H](O)[C@H]1C(=O)N(C(c2ccccc2)c2ccccc2)[C@@H]1[C@@H]1COC(C)(C)O1. The molecule has 0 aliphatic carbocycles. The molecule has 0 radical (unpaired) electrons. The van der Waals surface area contributed by atoms with Gasteiger partial charge >= 0.3 is 0 Å². The van der Waals surface area contributed by atoms with E-state index in [9.17, 15) is 9.90 Å². The minimum absolute atomic E-state index is 0.0500. The Morgan fingerprint density at radius 2 is 1.57 bits per heavy atom. The molecule has 0 spiro atoms. The minimum atomic E-state index is -0.742. The molecule has 0 saturated carbocycles. The summed E-state index contributed by atoms with van der Waals surface area (Å²) in [6.45, 7) is 5.83. The first-order valence-electron chi connectivity index (χ1n) is 9.81. The monoisotopic (exact) mass is 381 g/mol. The summed E-state index contributed by atoms with van der Waals surface area (Å²) in [5, 5.41) is 10.3. The third-order valence-electron chi connectivity index (χ3n) is 5.67. The fourth-order valence-corrected chi connectivity index (χ4v) is 4.43. The van der Waals surface area contributed by atoms with E-state index >= 15 is 0 Å². The van der Waals surface area contributed by atoms with Gasteiger partial charge in [-0.2, -0.15) is 0 Å². The number of hydrogen-bond acceptors (Lipinski definition) is 4. The van der Waals surface area contributed by atoms with Crippen molar-refractivity contribution < 1.29 is 19.4 Å². The van der Waals surface area contributed by atoms with Gasteiger partial charge in [0, 0.05) is 0 Å². The van der Waals surface area contributed by atoms with Crippen molar-refractivity contribution in [2.75, 3.05) is 6.61 Å². The third-order valence-corrected chi connectivity index (χ3v) is 5.67. The van der Waals surface area contributed by atoms with Crippen molar-refractivity contribution in [3.8, 4) is 0 Å². The first-order chi connectivity index (χ1) is 13.4. The highest BCUT2D eigenvalue weighted by molar-refractivity contribution is 5.88. The van der Waals surface area contributed by atoms with E-state index < -0.39 is 17.8 Å². The van der Waals surface area contributed by atoms with Crippen molar-refractivity contribution in [1.29, 1.82) is 0 Å². The second-order valence-electron chi connectivity index (χ2n) is 8.09. The van der Waals surface area contributed by atoms with Crippen LogP contribution in [0.1, 0.15) is 37.9 Å². The zero-order chi connectivity index (χ0) is 19.9. The molecular formula is C23H27NO4. The van der Waals surface area contributed by atoms with Gasteiger partial charge in [0.2, 0.25) is 5.91 Å². The normalized spacial score (nSPS) is 27.7. The van der Waals surface area contributed by atoms with Gasteiger partial charge in [0.15, 0.2) is 5.79 Å². The Bertz CT molecular complexity index is 782. The van der Waals surface area contributed by atoms with Crippen LogP contribution in [0.2, 0.25) is 0 Å². The Labute approximate surface area is 165 Å². The zero-order valence-electron chi connectivity index (χ0n) is 16.5. The van der Waals surface area contributed by atoms with Crippen LogP contribution >= 0.6 is 0 Å². The molecule has 2 fully saturated rings. The molecule has 5 heteroatoms. The van der Waals surface area contributed by atoms with Gasteiger partial charge in [-0.05, 0) is 31.9 Å². The van der Waals surface area contributed by atoms with E-state index in [2.05, 4.69) is 0 Å². The fourth-order valence-electron chi connectivity index (χ4n) is 4.43. The second-order valence-corrected chi connectivity index (χ2v) is 8.09. The smallest absolute Gasteiger partial charge is 0.231 e. The van der Waals surface area contributed by atoms with Gasteiger partial charge < -0.3 is 19.5 Å². The quantitative estimate of drug-likeness (QED) is 0.809. The molecule has 2 aliphatic heterocycles. The van der Waals surface area contributed by atoms with E-state index in [1.165, 1.54) is 0 Å². The molecule has 2 aromatic rings. The molecule has 1 amide bonds. The number of aliphatic hydroxyl groups excluding tert-OH is 1. The maximum Gasteiger partial charge on any atom is 0.231 e. The molecule has 2 aliphatic rings. The van der Waals surface area contributed by atoms with Crippen molar-refractivity contribution in [1.82, 2.24) is 4.90 Å². The molecule has 0 bridgehead atoms. The number of rotatable bonds is 5. The standard InChI is InChI=1S/C23H27NO4/c1-15(25)19-21(18-14-27-23(2,3)28-18)24(22(19)26)20(16-10-6-4-7-11-16)17-12-8-5-9-13-17/h4-13,15,18-21,25H,14H2,1-3H3/t15-,18-,19+,21+/m0/s1. The summed E-state index contributed by atoms with van der Waals surface area (Å²) < 4.78 is 11.9. The fraction of sp³-hybridized carbons (Fsp3) is 0.435. The number of nitrogens with zero attached hydrogens (tertiary/aromatic N) is 1. The van der Waals surface area contributed by atoms with Crippen LogP contribution in [0.5, 0.6) is 0 Å². The molecule has 148 valence electrons. The Kier molecular flexibility index (Phi) is 5.00. The number of carbonyl (C=O) groups is 1. The van der Waals surface area contributed by atoms with Gasteiger partial charge in [0.05, 0.1) is 30.7 Å². The summed E-state index contributed by atoms with van der Waals surface area (Å²) in [6, 6.07) is 19.5. The third kappa shape index (κ3) is 3.34. The van der Waals surface area contributed by atoms with E-state index in [0.29, 0.717) is 6.61 Å². The van der Waals surface area contributed by atoms with E-state index in [1.807, 2.05) is 79.4 Å². The first-order valence-corrected chi connectivity index (χ1v) is 9.81. The first kappa shape index (κ1) is 19.1. The predicted octanol–water partition coefficient (Wildman–Crippen LogP) is 3.14. The number of β-lactam (4-membered cyclic amide) rings is 1. The van der Waals surface area contributed by atoms with Gasteiger partial charge in [-0.25, -0.2) is 0 Å². The van der Waals surface area contributed by atoms with Crippen LogP contribution in [-0.2, 0) is 14.3 Å². The highest BCUT2D eigenvalue weighted by atomic mass is 16.7. The number of ether oxygens (including phenoxy) is 2. The zero-order valence-corrected chi connectivity index (χ0v) is 16.5. The van der Waals surface area contributed by atoms with Crippen molar-refractivity contribution in [3.63, 3.8) is 0 Å². The topological polar surface area (TPSA) is 59.0 Å². The summed E-state index contributed by atoms with van der Waals surface area (Å²) in [6.07, 6.45) is -1.02. The highest BCUT2D eigenvalue weighted by Gasteiger charge is 2.58. The molecule has 1 N–H and O–H groups in total. The molecule has 2 heterocycles. The van der Waals surface area contributed by atoms with Crippen molar-refractivity contribution in [2.45, 2.75) is 50.8 Å². The number of aliphatic hydroxyl groups is 1. The number of carbonyl (C=O) groups excluding carboxylic acids is 1. The van der Waals surface area contributed by atoms with Crippen LogP contribution in [0.15, 0.2) is 60.7 Å². The lowest BCUT2D eigenvalue weighted by atomic mass is 9.77. The minimum Gasteiger partial charge on any atom is -0.393 e. The second kappa shape index (κ2) is 7.32. The van der Waals surface area contributed by atoms with Crippen LogP contribution in [0.25, 0.3) is 0 Å². The lowest BCUT2D eigenvalue weighted by Gasteiger charge is -2.54. The number of likely N-dealkylation sites (tertiary alicyclic amines) is 1. The lowest BCUT2D eigenvalue weighted by Crippen LogP contribution is -2.69. The van der Waals surface area contributed by atoms with E-state index in [0.717, 1.165) is 11.1 Å². The summed E-state index contributed by atoms with van der Waals surface area (Å²) in [5.74, 6) is -1.23. The molecule has 0 unspecified atom stereocenters. The summed E-state index contributed by atoms with van der Waals surface area (Å²) >= 11 is 0. The summed E-state index contributed by atoms with van der Waals surface area (Å²) in [7, 11) is 0. The molecular weight excluding hydrogens is 354 g/mol. The lowest BCUT2D eigenvalue weighted by molar-refractivity contribution is -0.191.